The number of nitrogens with zero attached hydrogens (tertiary/aromatic N) is 2. The van der Waals surface area contributed by atoms with Crippen molar-refractivity contribution in [3.63, 3.8) is 0 Å². The predicted octanol–water partition coefficient (Wildman–Crippen LogP) is 2.79. The highest BCUT2D eigenvalue weighted by atomic mass is 19.1. The molecule has 2 atom stereocenters. The van der Waals surface area contributed by atoms with E-state index in [1.807, 2.05) is 7.05 Å². The summed E-state index contributed by atoms with van der Waals surface area (Å²) in [4.78, 5) is 4.38. The average molecular weight is 293 g/mol. The molecule has 0 saturated heterocycles. The Balaban J connectivity index is 1.76. The van der Waals surface area contributed by atoms with Crippen LogP contribution in [0.1, 0.15) is 42.5 Å². The van der Waals surface area contributed by atoms with Crippen LogP contribution in [0.3, 0.4) is 0 Å². The van der Waals surface area contributed by atoms with Crippen LogP contribution in [0.25, 0.3) is 0 Å². The molecular weight excluding hydrogens is 276 g/mol. The Kier molecular flexibility index (Phi) is 3.96. The van der Waals surface area contributed by atoms with Crippen LogP contribution in [0.2, 0.25) is 0 Å². The summed E-state index contributed by atoms with van der Waals surface area (Å²) in [5.74, 6) is 0.0930. The van der Waals surface area contributed by atoms with E-state index in [1.165, 1.54) is 12.1 Å². The standard InChI is InChI=1S/C15H17F2N3O/c1-18-13-4-2-3-12(13)15-19-14(20-21-15)7-9-5-10(16)8-11(17)6-9/h5-6,8,12-13,18H,2-4,7H2,1H3. The van der Waals surface area contributed by atoms with E-state index in [0.717, 1.165) is 25.3 Å². The average Bonchev–Trinajstić information content (AvgIpc) is 3.05. The van der Waals surface area contributed by atoms with Gasteiger partial charge in [0.05, 0.1) is 5.92 Å². The molecule has 2 aromatic rings. The second-order valence-corrected chi connectivity index (χ2v) is 5.44. The monoisotopic (exact) mass is 293 g/mol. The first-order valence-electron chi connectivity index (χ1n) is 7.10. The smallest absolute Gasteiger partial charge is 0.231 e. The van der Waals surface area contributed by atoms with Gasteiger partial charge in [-0.05, 0) is 37.6 Å². The van der Waals surface area contributed by atoms with Crippen LogP contribution in [0, 0.1) is 11.6 Å². The summed E-state index contributed by atoms with van der Waals surface area (Å²) in [6, 6.07) is 3.77. The van der Waals surface area contributed by atoms with Crippen LogP contribution in [0.15, 0.2) is 22.7 Å². The highest BCUT2D eigenvalue weighted by molar-refractivity contribution is 5.21. The fraction of sp³-hybridized carbons (Fsp3) is 0.467. The van der Waals surface area contributed by atoms with Gasteiger partial charge in [0, 0.05) is 18.5 Å². The van der Waals surface area contributed by atoms with Crippen LogP contribution in [0.4, 0.5) is 8.78 Å². The van der Waals surface area contributed by atoms with E-state index in [-0.39, 0.29) is 12.3 Å². The number of aromatic nitrogens is 2. The molecule has 2 unspecified atom stereocenters. The Morgan fingerprint density at radius 2 is 2.00 bits per heavy atom. The zero-order valence-electron chi connectivity index (χ0n) is 11.8. The molecule has 1 fully saturated rings. The van der Waals surface area contributed by atoms with Gasteiger partial charge in [0.15, 0.2) is 5.82 Å². The number of halogens is 2. The Labute approximate surface area is 121 Å². The Morgan fingerprint density at radius 3 is 2.71 bits per heavy atom. The van der Waals surface area contributed by atoms with Gasteiger partial charge < -0.3 is 9.84 Å². The highest BCUT2D eigenvalue weighted by Crippen LogP contribution is 2.33. The Hall–Kier alpha value is -1.82. The molecule has 1 aromatic carbocycles. The van der Waals surface area contributed by atoms with E-state index in [9.17, 15) is 8.78 Å². The first-order chi connectivity index (χ1) is 10.2. The van der Waals surface area contributed by atoms with Crippen molar-refractivity contribution in [2.75, 3.05) is 7.05 Å². The van der Waals surface area contributed by atoms with E-state index in [0.29, 0.717) is 23.3 Å². The molecule has 0 radical (unpaired) electrons. The van der Waals surface area contributed by atoms with Crippen LogP contribution < -0.4 is 5.32 Å². The molecule has 1 aliphatic carbocycles. The maximum Gasteiger partial charge on any atom is 0.231 e. The van der Waals surface area contributed by atoms with Gasteiger partial charge >= 0.3 is 0 Å². The third-order valence-corrected chi connectivity index (χ3v) is 3.97. The van der Waals surface area contributed by atoms with Gasteiger partial charge in [-0.1, -0.05) is 11.6 Å². The second-order valence-electron chi connectivity index (χ2n) is 5.44. The largest absolute Gasteiger partial charge is 0.339 e. The molecule has 1 aliphatic rings. The third kappa shape index (κ3) is 3.10. The van der Waals surface area contributed by atoms with Crippen molar-refractivity contribution in [2.45, 2.75) is 37.6 Å². The SMILES string of the molecule is CNC1CCCC1c1nc(Cc2cc(F)cc(F)c2)no1. The third-order valence-electron chi connectivity index (χ3n) is 3.97. The molecular formula is C15H17F2N3O. The van der Waals surface area contributed by atoms with Gasteiger partial charge in [0.25, 0.3) is 0 Å². The minimum Gasteiger partial charge on any atom is -0.339 e. The topological polar surface area (TPSA) is 51.0 Å². The molecule has 0 aliphatic heterocycles. The van der Waals surface area contributed by atoms with E-state index < -0.39 is 11.6 Å². The second kappa shape index (κ2) is 5.89. The number of benzene rings is 1. The number of rotatable bonds is 4. The van der Waals surface area contributed by atoms with Gasteiger partial charge in [0.1, 0.15) is 11.6 Å². The summed E-state index contributed by atoms with van der Waals surface area (Å²) in [6.07, 6.45) is 3.49. The van der Waals surface area contributed by atoms with Gasteiger partial charge in [-0.15, -0.1) is 0 Å². The molecule has 0 spiro atoms. The van der Waals surface area contributed by atoms with Gasteiger partial charge in [-0.2, -0.15) is 4.98 Å². The van der Waals surface area contributed by atoms with E-state index in [1.54, 1.807) is 0 Å². The Morgan fingerprint density at radius 1 is 1.24 bits per heavy atom. The van der Waals surface area contributed by atoms with E-state index in [2.05, 4.69) is 15.5 Å². The predicted molar refractivity (Wildman–Crippen MR) is 72.9 cm³/mol. The lowest BCUT2D eigenvalue weighted by Gasteiger charge is -2.14. The molecule has 0 amide bonds. The molecule has 1 heterocycles. The molecule has 1 aromatic heterocycles. The van der Waals surface area contributed by atoms with Crippen LogP contribution in [0.5, 0.6) is 0 Å². The lowest BCUT2D eigenvalue weighted by Crippen LogP contribution is -2.27. The molecule has 112 valence electrons. The summed E-state index contributed by atoms with van der Waals surface area (Å²) in [5.41, 5.74) is 0.497. The van der Waals surface area contributed by atoms with E-state index >= 15 is 0 Å². The van der Waals surface area contributed by atoms with Gasteiger partial charge in [-0.25, -0.2) is 8.78 Å². The van der Waals surface area contributed by atoms with E-state index in [4.69, 9.17) is 4.52 Å². The van der Waals surface area contributed by atoms with Crippen molar-refractivity contribution in [2.24, 2.45) is 0 Å². The normalized spacial score (nSPS) is 21.9. The molecule has 4 nitrogen and oxygen atoms in total. The minimum atomic E-state index is -0.597. The molecule has 1 saturated carbocycles. The van der Waals surface area contributed by atoms with Crippen LogP contribution >= 0.6 is 0 Å². The molecule has 0 bridgehead atoms. The first kappa shape index (κ1) is 14.1. The van der Waals surface area contributed by atoms with Crippen molar-refractivity contribution >= 4 is 0 Å². The number of hydrogen-bond acceptors (Lipinski definition) is 4. The summed E-state index contributed by atoms with van der Waals surface area (Å²) in [6.45, 7) is 0. The molecule has 21 heavy (non-hydrogen) atoms. The lowest BCUT2D eigenvalue weighted by atomic mass is 10.0. The summed E-state index contributed by atoms with van der Waals surface area (Å²) < 4.78 is 31.7. The Bertz CT molecular complexity index is 609. The van der Waals surface area contributed by atoms with Gasteiger partial charge in [0.2, 0.25) is 5.89 Å². The fourth-order valence-corrected chi connectivity index (χ4v) is 2.99. The van der Waals surface area contributed by atoms with Gasteiger partial charge in [-0.3, -0.25) is 0 Å². The van der Waals surface area contributed by atoms with Crippen LogP contribution in [-0.2, 0) is 6.42 Å². The highest BCUT2D eigenvalue weighted by Gasteiger charge is 2.31. The quantitative estimate of drug-likeness (QED) is 0.941. The fourth-order valence-electron chi connectivity index (χ4n) is 2.99. The zero-order valence-corrected chi connectivity index (χ0v) is 11.8. The number of likely N-dealkylation sites (N-methyl/N-ethyl adjacent to an activating group) is 1. The van der Waals surface area contributed by atoms with Crippen LogP contribution in [-0.4, -0.2) is 23.2 Å². The van der Waals surface area contributed by atoms with Crippen molar-refractivity contribution in [1.82, 2.24) is 15.5 Å². The maximum atomic E-state index is 13.2. The summed E-state index contributed by atoms with van der Waals surface area (Å²) in [7, 11) is 1.93. The molecule has 1 N–H and O–H groups in total. The van der Waals surface area contributed by atoms with Crippen molar-refractivity contribution < 1.29 is 13.3 Å². The summed E-state index contributed by atoms with van der Waals surface area (Å²) in [5, 5.41) is 7.18. The first-order valence-corrected chi connectivity index (χ1v) is 7.10. The lowest BCUT2D eigenvalue weighted by molar-refractivity contribution is 0.332. The van der Waals surface area contributed by atoms with Crippen molar-refractivity contribution in [1.29, 1.82) is 0 Å². The number of nitrogens with one attached hydrogen (secondary N) is 1. The summed E-state index contributed by atoms with van der Waals surface area (Å²) >= 11 is 0. The number of hydrogen-bond donors (Lipinski definition) is 1. The van der Waals surface area contributed by atoms with Crippen molar-refractivity contribution in [3.05, 3.63) is 47.1 Å². The zero-order chi connectivity index (χ0) is 14.8. The molecule has 6 heteroatoms. The van der Waals surface area contributed by atoms with Crippen molar-refractivity contribution in [3.8, 4) is 0 Å². The maximum absolute atomic E-state index is 13.2. The molecule has 3 rings (SSSR count). The minimum absolute atomic E-state index is 0.223.